The predicted molar refractivity (Wildman–Crippen MR) is 76.1 cm³/mol. The topological polar surface area (TPSA) is 89.9 Å². The first-order valence-corrected chi connectivity index (χ1v) is 8.14. The number of carbonyl (C=O) groups excluding carboxylic acids is 1. The smallest absolute Gasteiger partial charge is 0.308 e. The van der Waals surface area contributed by atoms with Crippen LogP contribution in [0.1, 0.15) is 26.2 Å². The molecule has 21 heavy (non-hydrogen) atoms. The molecule has 0 radical (unpaired) electrons. The van der Waals surface area contributed by atoms with E-state index in [4.69, 9.17) is 8.92 Å². The van der Waals surface area contributed by atoms with Crippen LogP contribution in [0.5, 0.6) is 0 Å². The van der Waals surface area contributed by atoms with Crippen molar-refractivity contribution < 1.29 is 27.2 Å². The Hall–Kier alpha value is -1.44. The van der Waals surface area contributed by atoms with Gasteiger partial charge in [-0.3, -0.25) is 8.98 Å². The molecule has 1 N–H and O–H groups in total. The molecule has 0 aliphatic carbocycles. The lowest BCUT2D eigenvalue weighted by atomic mass is 10.3. The maximum absolute atomic E-state index is 11.8. The fraction of sp³-hybridized carbons (Fsp3) is 0.500. The zero-order valence-corrected chi connectivity index (χ0v) is 12.7. The van der Waals surface area contributed by atoms with Gasteiger partial charge in [-0.1, -0.05) is 31.5 Å². The maximum atomic E-state index is 11.8. The molecule has 1 aromatic rings. The largest absolute Gasteiger partial charge is 0.466 e. The number of benzene rings is 1. The van der Waals surface area contributed by atoms with Gasteiger partial charge in [0.15, 0.2) is 0 Å². The van der Waals surface area contributed by atoms with Crippen molar-refractivity contribution in [3.05, 3.63) is 30.3 Å². The van der Waals surface area contributed by atoms with Crippen LogP contribution in [0, 0.1) is 0 Å². The summed E-state index contributed by atoms with van der Waals surface area (Å²) in [5, 5.41) is 9.60. The van der Waals surface area contributed by atoms with E-state index in [-0.39, 0.29) is 11.3 Å². The van der Waals surface area contributed by atoms with Gasteiger partial charge >= 0.3 is 5.97 Å². The molecule has 0 fully saturated rings. The van der Waals surface area contributed by atoms with Crippen LogP contribution >= 0.6 is 0 Å². The van der Waals surface area contributed by atoms with E-state index in [0.717, 1.165) is 12.8 Å². The molecule has 7 heteroatoms. The molecule has 1 aromatic carbocycles. The summed E-state index contributed by atoms with van der Waals surface area (Å²) in [6.07, 6.45) is 0.126. The zero-order chi connectivity index (χ0) is 15.7. The number of rotatable bonds is 9. The van der Waals surface area contributed by atoms with Gasteiger partial charge in [-0.25, -0.2) is 0 Å². The van der Waals surface area contributed by atoms with Crippen LogP contribution in [-0.4, -0.2) is 38.8 Å². The van der Waals surface area contributed by atoms with Crippen molar-refractivity contribution in [1.82, 2.24) is 0 Å². The lowest BCUT2D eigenvalue weighted by Gasteiger charge is -2.11. The first kappa shape index (κ1) is 17.6. The number of aliphatic hydroxyl groups is 1. The molecular formula is C14H20O6S. The summed E-state index contributed by atoms with van der Waals surface area (Å²) < 4.78 is 33.2. The number of esters is 1. The Morgan fingerprint density at radius 1 is 1.29 bits per heavy atom. The summed E-state index contributed by atoms with van der Waals surface area (Å²) in [5.41, 5.74) is 0. The Morgan fingerprint density at radius 2 is 1.95 bits per heavy atom. The molecule has 0 saturated carbocycles. The standard InChI is InChI=1S/C14H20O6S/c1-2-3-9-19-14(16)10-12(15)11-20-21(17,18)13-7-5-4-6-8-13/h4-8,12,15H,2-3,9-11H2,1H3. The van der Waals surface area contributed by atoms with Crippen LogP contribution < -0.4 is 0 Å². The number of aliphatic hydroxyl groups excluding tert-OH is 1. The molecule has 1 rings (SSSR count). The molecule has 1 atom stereocenters. The van der Waals surface area contributed by atoms with Crippen molar-refractivity contribution in [1.29, 1.82) is 0 Å². The van der Waals surface area contributed by atoms with Crippen molar-refractivity contribution in [2.45, 2.75) is 37.2 Å². The normalized spacial score (nSPS) is 12.9. The average molecular weight is 316 g/mol. The Balaban J connectivity index is 2.39. The van der Waals surface area contributed by atoms with E-state index in [9.17, 15) is 18.3 Å². The van der Waals surface area contributed by atoms with E-state index < -0.39 is 28.8 Å². The number of ether oxygens (including phenoxy) is 1. The summed E-state index contributed by atoms with van der Waals surface area (Å²) in [6, 6.07) is 7.59. The number of carbonyl (C=O) groups is 1. The van der Waals surface area contributed by atoms with E-state index in [1.54, 1.807) is 18.2 Å². The number of hydrogen-bond donors (Lipinski definition) is 1. The van der Waals surface area contributed by atoms with Crippen LogP contribution in [0.25, 0.3) is 0 Å². The van der Waals surface area contributed by atoms with Gasteiger partial charge in [0, 0.05) is 0 Å². The highest BCUT2D eigenvalue weighted by Gasteiger charge is 2.19. The lowest BCUT2D eigenvalue weighted by molar-refractivity contribution is -0.146. The van der Waals surface area contributed by atoms with Gasteiger partial charge in [-0.05, 0) is 18.6 Å². The number of unbranched alkanes of at least 4 members (excludes halogenated alkanes) is 1. The highest BCUT2D eigenvalue weighted by molar-refractivity contribution is 7.86. The van der Waals surface area contributed by atoms with E-state index in [1.807, 2.05) is 6.92 Å². The molecule has 0 heterocycles. The van der Waals surface area contributed by atoms with Crippen LogP contribution in [-0.2, 0) is 23.8 Å². The molecule has 6 nitrogen and oxygen atoms in total. The van der Waals surface area contributed by atoms with Gasteiger partial charge in [0.1, 0.15) is 0 Å². The maximum Gasteiger partial charge on any atom is 0.308 e. The van der Waals surface area contributed by atoms with Crippen LogP contribution in [0.4, 0.5) is 0 Å². The van der Waals surface area contributed by atoms with Gasteiger partial charge in [0.25, 0.3) is 10.1 Å². The second kappa shape index (κ2) is 8.76. The Morgan fingerprint density at radius 3 is 2.57 bits per heavy atom. The molecule has 118 valence electrons. The third-order valence-electron chi connectivity index (χ3n) is 2.61. The number of hydrogen-bond acceptors (Lipinski definition) is 6. The zero-order valence-electron chi connectivity index (χ0n) is 11.9. The first-order chi connectivity index (χ1) is 9.95. The highest BCUT2D eigenvalue weighted by Crippen LogP contribution is 2.12. The first-order valence-electron chi connectivity index (χ1n) is 6.74. The second-order valence-corrected chi connectivity index (χ2v) is 6.10. The Kier molecular flexibility index (Phi) is 7.35. The molecule has 0 aliphatic rings. The molecule has 0 bridgehead atoms. The van der Waals surface area contributed by atoms with E-state index in [1.165, 1.54) is 12.1 Å². The molecule has 0 saturated heterocycles. The van der Waals surface area contributed by atoms with Crippen molar-refractivity contribution in [3.8, 4) is 0 Å². The van der Waals surface area contributed by atoms with Crippen LogP contribution in [0.3, 0.4) is 0 Å². The van der Waals surface area contributed by atoms with Crippen LogP contribution in [0.15, 0.2) is 35.2 Å². The van der Waals surface area contributed by atoms with Gasteiger partial charge < -0.3 is 9.84 Å². The summed E-state index contributed by atoms with van der Waals surface area (Å²) in [7, 11) is -3.92. The molecule has 1 unspecified atom stereocenters. The lowest BCUT2D eigenvalue weighted by Crippen LogP contribution is -2.23. The quantitative estimate of drug-likeness (QED) is 0.422. The van der Waals surface area contributed by atoms with Gasteiger partial charge in [-0.15, -0.1) is 0 Å². The average Bonchev–Trinajstić information content (AvgIpc) is 2.46. The summed E-state index contributed by atoms with van der Waals surface area (Å²) >= 11 is 0. The van der Waals surface area contributed by atoms with Crippen molar-refractivity contribution >= 4 is 16.1 Å². The van der Waals surface area contributed by atoms with E-state index in [0.29, 0.717) is 6.61 Å². The molecule has 0 aromatic heterocycles. The third-order valence-corrected chi connectivity index (χ3v) is 3.91. The minimum Gasteiger partial charge on any atom is -0.466 e. The van der Waals surface area contributed by atoms with Crippen LogP contribution in [0.2, 0.25) is 0 Å². The molecule has 0 amide bonds. The second-order valence-electron chi connectivity index (χ2n) is 4.48. The van der Waals surface area contributed by atoms with E-state index >= 15 is 0 Å². The fourth-order valence-electron chi connectivity index (χ4n) is 1.46. The van der Waals surface area contributed by atoms with Gasteiger partial charge in [-0.2, -0.15) is 8.42 Å². The predicted octanol–water partition coefficient (Wildman–Crippen LogP) is 1.49. The van der Waals surface area contributed by atoms with Crippen molar-refractivity contribution in [2.24, 2.45) is 0 Å². The summed E-state index contributed by atoms with van der Waals surface area (Å²) in [5.74, 6) is -0.573. The monoisotopic (exact) mass is 316 g/mol. The molecular weight excluding hydrogens is 296 g/mol. The third kappa shape index (κ3) is 6.70. The summed E-state index contributed by atoms with van der Waals surface area (Å²) in [4.78, 5) is 11.3. The summed E-state index contributed by atoms with van der Waals surface area (Å²) in [6.45, 7) is 1.77. The molecule has 0 spiro atoms. The Labute approximate surface area is 124 Å². The minimum absolute atomic E-state index is 0.00252. The van der Waals surface area contributed by atoms with Gasteiger partial charge in [0.05, 0.1) is 30.6 Å². The van der Waals surface area contributed by atoms with Gasteiger partial charge in [0.2, 0.25) is 0 Å². The van der Waals surface area contributed by atoms with Crippen molar-refractivity contribution in [2.75, 3.05) is 13.2 Å². The highest BCUT2D eigenvalue weighted by atomic mass is 32.2. The SMILES string of the molecule is CCCCOC(=O)CC(O)COS(=O)(=O)c1ccccc1. The van der Waals surface area contributed by atoms with E-state index in [2.05, 4.69) is 0 Å². The molecule has 0 aliphatic heterocycles. The Bertz CT molecular complexity index is 526. The van der Waals surface area contributed by atoms with Crippen molar-refractivity contribution in [3.63, 3.8) is 0 Å². The fourth-order valence-corrected chi connectivity index (χ4v) is 2.43. The minimum atomic E-state index is -3.92.